The number of fused-ring (bicyclic) bond motifs is 3. The first kappa shape index (κ1) is 60.8. The summed E-state index contributed by atoms with van der Waals surface area (Å²) in [6.45, 7) is 43.7. The predicted molar refractivity (Wildman–Crippen MR) is 343 cm³/mol. The molecular weight excluding hydrogens is 1190 g/mol. The van der Waals surface area contributed by atoms with Crippen LogP contribution < -0.4 is 9.30 Å². The van der Waals surface area contributed by atoms with Crippen molar-refractivity contribution in [3.63, 3.8) is 0 Å². The molecule has 0 atom stereocenters. The van der Waals surface area contributed by atoms with Crippen LogP contribution in [0.25, 0.3) is 50.1 Å². The second-order valence-corrected chi connectivity index (χ2v) is 28.1. The van der Waals surface area contributed by atoms with E-state index in [1.165, 1.54) is 44.5 Å². The second kappa shape index (κ2) is 22.6. The Morgan fingerprint density at radius 3 is 1.60 bits per heavy atom. The Kier molecular flexibility index (Phi) is 16.6. The third kappa shape index (κ3) is 11.9. The molecule has 7 aromatic carbocycles. The molecule has 0 amide bonds. The molecule has 5 nitrogen and oxygen atoms in total. The van der Waals surface area contributed by atoms with Crippen LogP contribution in [0.4, 0.5) is 0 Å². The van der Waals surface area contributed by atoms with Gasteiger partial charge in [-0.15, -0.1) is 29.8 Å². The van der Waals surface area contributed by atoms with E-state index in [1.807, 2.05) is 6.20 Å². The molecule has 83 heavy (non-hydrogen) atoms. The van der Waals surface area contributed by atoms with E-state index >= 15 is 0 Å². The summed E-state index contributed by atoms with van der Waals surface area (Å²) < 4.78 is 14.1. The number of ether oxygens (including phenoxy) is 1. The molecule has 0 unspecified atom stereocenters. The molecule has 3 heterocycles. The summed E-state index contributed by atoms with van der Waals surface area (Å²) >= 11 is 0. The summed E-state index contributed by atoms with van der Waals surface area (Å²) in [6.07, 6.45) is 8.16. The van der Waals surface area contributed by atoms with Crippen molar-refractivity contribution >= 4 is 21.8 Å². The van der Waals surface area contributed by atoms with Crippen LogP contribution >= 0.6 is 0 Å². The number of pyridine rings is 1. The first-order chi connectivity index (χ1) is 38.5. The molecular formula is C77H86N4OPt-2. The average molecular weight is 1280 g/mol. The number of imidazole rings is 1. The van der Waals surface area contributed by atoms with Gasteiger partial charge in [-0.1, -0.05) is 240 Å². The average Bonchev–Trinajstić information content (AvgIpc) is 1.92. The van der Waals surface area contributed by atoms with Crippen molar-refractivity contribution in [2.45, 2.75) is 176 Å². The van der Waals surface area contributed by atoms with Crippen LogP contribution in [0, 0.1) is 18.5 Å². The zero-order chi connectivity index (χ0) is 59.0. The monoisotopic (exact) mass is 1280 g/mol. The van der Waals surface area contributed by atoms with Gasteiger partial charge in [0.1, 0.15) is 5.82 Å². The van der Waals surface area contributed by atoms with Gasteiger partial charge in [0.15, 0.2) is 0 Å². The SMILES string of the molecule is CC(C)c1cc(C(C)C)c(-c2ccnc(-n3c4[c-]c(Oc5[c-]c(-n6[c-][n+](-c7cc(C(C)(C)C)cc(C(C)(C)C)c7)cc6C(C)(C)c6ccccc6)cc(C(C)(C)C)c5)cc(C(C)(C)c5ccccc5)c4c4ccccc43)c2)c(C(C)C)c1.[Pt]. The molecule has 3 aromatic heterocycles. The Morgan fingerprint density at radius 2 is 1.05 bits per heavy atom. The minimum absolute atomic E-state index is 0. The number of rotatable bonds is 13. The van der Waals surface area contributed by atoms with Gasteiger partial charge in [-0.05, 0) is 131 Å². The molecule has 0 aliphatic carbocycles. The molecule has 0 fully saturated rings. The number of aromatic nitrogens is 4. The summed E-state index contributed by atoms with van der Waals surface area (Å²) in [4.78, 5) is 5.24. The van der Waals surface area contributed by atoms with Gasteiger partial charge in [-0.25, -0.2) is 4.98 Å². The molecule has 432 valence electrons. The summed E-state index contributed by atoms with van der Waals surface area (Å²) in [5.41, 5.74) is 17.4. The molecule has 0 saturated heterocycles. The number of hydrogen-bond acceptors (Lipinski definition) is 2. The third-order valence-corrected chi connectivity index (χ3v) is 17.1. The van der Waals surface area contributed by atoms with Gasteiger partial charge in [0.2, 0.25) is 0 Å². The smallest absolute Gasteiger partial charge is 0.267 e. The van der Waals surface area contributed by atoms with Crippen molar-refractivity contribution < 1.29 is 30.4 Å². The first-order valence-corrected chi connectivity index (χ1v) is 29.8. The van der Waals surface area contributed by atoms with E-state index in [1.54, 1.807) is 0 Å². The van der Waals surface area contributed by atoms with Gasteiger partial charge in [-0.2, -0.15) is 11.6 Å². The Hall–Kier alpha value is -6.81. The quantitative estimate of drug-likeness (QED) is 0.0852. The molecule has 10 aromatic rings. The third-order valence-electron chi connectivity index (χ3n) is 17.1. The molecule has 0 saturated carbocycles. The Morgan fingerprint density at radius 1 is 0.518 bits per heavy atom. The normalized spacial score (nSPS) is 12.7. The van der Waals surface area contributed by atoms with Crippen LogP contribution in [0.2, 0.25) is 0 Å². The first-order valence-electron chi connectivity index (χ1n) is 29.8. The predicted octanol–water partition coefficient (Wildman–Crippen LogP) is 20.0. The van der Waals surface area contributed by atoms with Crippen LogP contribution in [0.15, 0.2) is 158 Å². The number of benzene rings is 7. The van der Waals surface area contributed by atoms with Crippen LogP contribution in [-0.4, -0.2) is 14.1 Å². The van der Waals surface area contributed by atoms with Gasteiger partial charge in [0.05, 0.1) is 11.4 Å². The topological polar surface area (TPSA) is 35.9 Å². The maximum atomic E-state index is 7.38. The zero-order valence-electron chi connectivity index (χ0n) is 52.8. The minimum Gasteiger partial charge on any atom is -0.510 e. The molecule has 0 spiro atoms. The van der Waals surface area contributed by atoms with Crippen LogP contribution in [0.5, 0.6) is 11.5 Å². The fourth-order valence-corrected chi connectivity index (χ4v) is 11.8. The van der Waals surface area contributed by atoms with Crippen molar-refractivity contribution in [1.82, 2.24) is 14.1 Å². The maximum absolute atomic E-state index is 7.38. The molecule has 0 N–H and O–H groups in total. The van der Waals surface area contributed by atoms with E-state index in [0.29, 0.717) is 29.3 Å². The van der Waals surface area contributed by atoms with Crippen molar-refractivity contribution in [3.8, 4) is 39.8 Å². The van der Waals surface area contributed by atoms with E-state index in [0.717, 1.165) is 61.4 Å². The zero-order valence-corrected chi connectivity index (χ0v) is 55.0. The standard InChI is InChI=1S/C77H86N4O.Pt/c1-49(2)53-36-64(50(3)4)71(65(37-53)51(5)6)52-34-35-78-70(38-52)81-67-33-27-26-32-63(67)72-66(76(16,17)54-28-22-20-23-29-54)45-62(46-68(72)81)82-61-43-58(75(13,14)15)42-60(44-61)80-48-79(47-69(80)77(18,19)55-30-24-21-25-31-55)59-40-56(73(7,8)9)39-57(41-59)74(10,11)12;/h20-43,45,47,49-51H,1-19H3;/q-2;. The van der Waals surface area contributed by atoms with E-state index in [9.17, 15) is 0 Å². The van der Waals surface area contributed by atoms with Crippen molar-refractivity contribution in [2.24, 2.45) is 0 Å². The summed E-state index contributed by atoms with van der Waals surface area (Å²) in [5, 5.41) is 2.25. The van der Waals surface area contributed by atoms with Crippen molar-refractivity contribution in [2.75, 3.05) is 0 Å². The molecule has 0 bridgehead atoms. The van der Waals surface area contributed by atoms with Gasteiger partial charge >= 0.3 is 0 Å². The van der Waals surface area contributed by atoms with E-state index in [2.05, 4.69) is 316 Å². The van der Waals surface area contributed by atoms with E-state index in [4.69, 9.17) is 9.72 Å². The summed E-state index contributed by atoms with van der Waals surface area (Å²) in [6, 6.07) is 61.3. The Bertz CT molecular complexity index is 3920. The van der Waals surface area contributed by atoms with Gasteiger partial charge in [0.25, 0.3) is 6.33 Å². The number of hydrogen-bond donors (Lipinski definition) is 0. The van der Waals surface area contributed by atoms with E-state index in [-0.39, 0.29) is 37.3 Å². The molecule has 0 radical (unpaired) electrons. The molecule has 0 aliphatic rings. The van der Waals surface area contributed by atoms with Crippen LogP contribution in [0.1, 0.15) is 205 Å². The van der Waals surface area contributed by atoms with Crippen LogP contribution in [-0.2, 0) is 48.1 Å². The molecule has 0 aliphatic heterocycles. The summed E-state index contributed by atoms with van der Waals surface area (Å²) in [5.74, 6) is 3.09. The van der Waals surface area contributed by atoms with Gasteiger partial charge in [-0.3, -0.25) is 4.57 Å². The van der Waals surface area contributed by atoms with E-state index < -0.39 is 10.8 Å². The maximum Gasteiger partial charge on any atom is 0.267 e. The Labute approximate surface area is 511 Å². The fourth-order valence-electron chi connectivity index (χ4n) is 11.8. The van der Waals surface area contributed by atoms with Gasteiger partial charge in [0, 0.05) is 55.9 Å². The Balaban J connectivity index is 0.00000828. The summed E-state index contributed by atoms with van der Waals surface area (Å²) in [7, 11) is 0. The van der Waals surface area contributed by atoms with Crippen molar-refractivity contribution in [1.29, 1.82) is 0 Å². The number of para-hydroxylation sites is 1. The minimum atomic E-state index is -0.460. The second-order valence-electron chi connectivity index (χ2n) is 28.1. The van der Waals surface area contributed by atoms with Crippen molar-refractivity contribution in [3.05, 3.63) is 232 Å². The largest absolute Gasteiger partial charge is 0.510 e. The van der Waals surface area contributed by atoms with Crippen LogP contribution in [0.3, 0.4) is 0 Å². The fraction of sp³-hybridized carbons (Fsp3) is 0.351. The number of nitrogens with zero attached hydrogens (tertiary/aromatic N) is 4. The molecule has 10 rings (SSSR count). The molecule has 6 heteroatoms. The van der Waals surface area contributed by atoms with Gasteiger partial charge < -0.3 is 13.9 Å².